The molecule has 0 N–H and O–H groups in total. The molecule has 0 heterocycles. The number of hydrogen-bond donors (Lipinski definition) is 0. The number of hydrogen-bond acceptors (Lipinski definition) is 1. The summed E-state index contributed by atoms with van der Waals surface area (Å²) in [6, 6.07) is 8.67. The zero-order valence-electron chi connectivity index (χ0n) is 11.0. The zero-order chi connectivity index (χ0) is 12.0. The zero-order valence-corrected chi connectivity index (χ0v) is 11.0. The van der Waals surface area contributed by atoms with E-state index in [1.807, 2.05) is 0 Å². The standard InChI is InChI=1S/C12H15N.C3H8/c1-13(2)12-9-5-7-10-6-3-4-8-11(10)12;1-3-2/h3-4,6,8-9H,5,7H2,1-2H3;3H2,1-2H3. The van der Waals surface area contributed by atoms with E-state index in [9.17, 15) is 0 Å². The normalized spacial score (nSPS) is 13.1. The van der Waals surface area contributed by atoms with Gasteiger partial charge in [0.15, 0.2) is 0 Å². The van der Waals surface area contributed by atoms with Gasteiger partial charge in [-0.3, -0.25) is 0 Å². The molecule has 1 aliphatic rings. The predicted octanol–water partition coefficient (Wildman–Crippen LogP) is 3.95. The number of benzene rings is 1. The minimum absolute atomic E-state index is 1.17. The van der Waals surface area contributed by atoms with Gasteiger partial charge in [0.1, 0.15) is 0 Å². The molecule has 0 amide bonds. The molecule has 1 aromatic carbocycles. The van der Waals surface area contributed by atoms with E-state index in [0.29, 0.717) is 0 Å². The Morgan fingerprint density at radius 3 is 2.38 bits per heavy atom. The maximum atomic E-state index is 2.32. The van der Waals surface area contributed by atoms with Gasteiger partial charge in [0.25, 0.3) is 0 Å². The first-order valence-electron chi connectivity index (χ1n) is 6.16. The summed E-state index contributed by atoms with van der Waals surface area (Å²) in [4.78, 5) is 2.19. The average molecular weight is 217 g/mol. The maximum absolute atomic E-state index is 2.32. The van der Waals surface area contributed by atoms with Crippen LogP contribution in [0.25, 0.3) is 5.70 Å². The van der Waals surface area contributed by atoms with Gasteiger partial charge in [-0.2, -0.15) is 0 Å². The van der Waals surface area contributed by atoms with Crippen molar-refractivity contribution in [3.63, 3.8) is 0 Å². The van der Waals surface area contributed by atoms with E-state index in [1.165, 1.54) is 36.1 Å². The highest BCUT2D eigenvalue weighted by Gasteiger charge is 2.12. The van der Waals surface area contributed by atoms with Gasteiger partial charge in [0.2, 0.25) is 0 Å². The SMILES string of the molecule is CCC.CN(C)C1=CCCc2ccccc21. The van der Waals surface area contributed by atoms with Gasteiger partial charge in [0, 0.05) is 25.4 Å². The van der Waals surface area contributed by atoms with Crippen LogP contribution in [0.2, 0.25) is 0 Å². The number of fused-ring (bicyclic) bond motifs is 1. The summed E-state index contributed by atoms with van der Waals surface area (Å²) in [7, 11) is 4.21. The summed E-state index contributed by atoms with van der Waals surface area (Å²) in [5.41, 5.74) is 4.24. The van der Waals surface area contributed by atoms with Crippen LogP contribution >= 0.6 is 0 Å². The quantitative estimate of drug-likeness (QED) is 0.688. The summed E-state index contributed by atoms with van der Waals surface area (Å²) in [6.45, 7) is 4.25. The molecule has 0 saturated heterocycles. The smallest absolute Gasteiger partial charge is 0.0397 e. The molecular weight excluding hydrogens is 194 g/mol. The lowest BCUT2D eigenvalue weighted by atomic mass is 9.94. The molecular formula is C15H23N. The Morgan fingerprint density at radius 1 is 1.12 bits per heavy atom. The van der Waals surface area contributed by atoms with Crippen LogP contribution in [0.1, 0.15) is 37.8 Å². The van der Waals surface area contributed by atoms with Crippen LogP contribution in [0.4, 0.5) is 0 Å². The van der Waals surface area contributed by atoms with E-state index in [2.05, 4.69) is 63.2 Å². The third-order valence-electron chi connectivity index (χ3n) is 2.53. The van der Waals surface area contributed by atoms with Crippen molar-refractivity contribution in [1.82, 2.24) is 4.90 Å². The molecule has 1 aliphatic carbocycles. The molecule has 2 rings (SSSR count). The average Bonchev–Trinajstić information content (AvgIpc) is 2.29. The lowest BCUT2D eigenvalue weighted by Crippen LogP contribution is -2.14. The fourth-order valence-corrected chi connectivity index (χ4v) is 1.89. The number of nitrogens with zero attached hydrogens (tertiary/aromatic N) is 1. The molecule has 88 valence electrons. The Bertz CT molecular complexity index is 350. The lowest BCUT2D eigenvalue weighted by Gasteiger charge is -2.23. The Morgan fingerprint density at radius 2 is 1.75 bits per heavy atom. The third kappa shape index (κ3) is 3.13. The summed E-state index contributed by atoms with van der Waals surface area (Å²) in [5, 5.41) is 0. The minimum Gasteiger partial charge on any atom is -0.377 e. The van der Waals surface area contributed by atoms with Crippen molar-refractivity contribution < 1.29 is 0 Å². The Kier molecular flexibility index (Phi) is 5.10. The molecule has 0 saturated carbocycles. The molecule has 1 aromatic rings. The van der Waals surface area contributed by atoms with Gasteiger partial charge in [-0.25, -0.2) is 0 Å². The second-order valence-electron chi connectivity index (χ2n) is 4.39. The van der Waals surface area contributed by atoms with Crippen LogP contribution in [-0.2, 0) is 6.42 Å². The monoisotopic (exact) mass is 217 g/mol. The largest absolute Gasteiger partial charge is 0.377 e. The predicted molar refractivity (Wildman–Crippen MR) is 72.4 cm³/mol. The van der Waals surface area contributed by atoms with E-state index in [1.54, 1.807) is 0 Å². The molecule has 1 nitrogen and oxygen atoms in total. The molecule has 0 spiro atoms. The first-order valence-corrected chi connectivity index (χ1v) is 6.16. The second-order valence-corrected chi connectivity index (χ2v) is 4.39. The first-order chi connectivity index (χ1) is 7.70. The lowest BCUT2D eigenvalue weighted by molar-refractivity contribution is 0.585. The Balaban J connectivity index is 0.000000386. The van der Waals surface area contributed by atoms with Crippen molar-refractivity contribution in [2.75, 3.05) is 14.1 Å². The highest BCUT2D eigenvalue weighted by atomic mass is 15.1. The fourth-order valence-electron chi connectivity index (χ4n) is 1.89. The molecule has 0 bridgehead atoms. The Labute approximate surface area is 99.8 Å². The Hall–Kier alpha value is -1.24. The van der Waals surface area contributed by atoms with E-state index in [0.717, 1.165) is 0 Å². The summed E-state index contributed by atoms with van der Waals surface area (Å²) < 4.78 is 0. The van der Waals surface area contributed by atoms with E-state index in [-0.39, 0.29) is 0 Å². The molecule has 0 unspecified atom stereocenters. The highest BCUT2D eigenvalue weighted by Crippen LogP contribution is 2.26. The third-order valence-corrected chi connectivity index (χ3v) is 2.53. The molecule has 1 heteroatoms. The molecule has 0 aromatic heterocycles. The van der Waals surface area contributed by atoms with Gasteiger partial charge in [-0.1, -0.05) is 50.6 Å². The number of aryl methyl sites for hydroxylation is 1. The summed E-state index contributed by atoms with van der Waals surface area (Å²) in [6.07, 6.45) is 5.93. The van der Waals surface area contributed by atoms with Crippen LogP contribution in [0.3, 0.4) is 0 Å². The van der Waals surface area contributed by atoms with Crippen LogP contribution in [-0.4, -0.2) is 19.0 Å². The first kappa shape index (κ1) is 12.8. The molecule has 0 atom stereocenters. The second kappa shape index (κ2) is 6.37. The van der Waals surface area contributed by atoms with Crippen molar-refractivity contribution in [1.29, 1.82) is 0 Å². The van der Waals surface area contributed by atoms with Gasteiger partial charge in [-0.05, 0) is 18.4 Å². The van der Waals surface area contributed by atoms with Crippen molar-refractivity contribution in [3.05, 3.63) is 41.5 Å². The van der Waals surface area contributed by atoms with Crippen LogP contribution in [0.5, 0.6) is 0 Å². The summed E-state index contributed by atoms with van der Waals surface area (Å²) in [5.74, 6) is 0. The topological polar surface area (TPSA) is 3.24 Å². The number of rotatable bonds is 1. The molecule has 16 heavy (non-hydrogen) atoms. The van der Waals surface area contributed by atoms with Gasteiger partial charge < -0.3 is 4.90 Å². The molecule has 0 aliphatic heterocycles. The molecule has 0 radical (unpaired) electrons. The van der Waals surface area contributed by atoms with E-state index < -0.39 is 0 Å². The van der Waals surface area contributed by atoms with Crippen molar-refractivity contribution in [3.8, 4) is 0 Å². The van der Waals surface area contributed by atoms with Crippen LogP contribution in [0, 0.1) is 0 Å². The van der Waals surface area contributed by atoms with Gasteiger partial charge in [0.05, 0.1) is 0 Å². The van der Waals surface area contributed by atoms with Crippen LogP contribution < -0.4 is 0 Å². The van der Waals surface area contributed by atoms with E-state index >= 15 is 0 Å². The van der Waals surface area contributed by atoms with E-state index in [4.69, 9.17) is 0 Å². The van der Waals surface area contributed by atoms with Crippen LogP contribution in [0.15, 0.2) is 30.3 Å². The van der Waals surface area contributed by atoms with Crippen molar-refractivity contribution in [2.45, 2.75) is 33.1 Å². The van der Waals surface area contributed by atoms with Gasteiger partial charge in [-0.15, -0.1) is 0 Å². The molecule has 0 fully saturated rings. The minimum atomic E-state index is 1.17. The van der Waals surface area contributed by atoms with Gasteiger partial charge >= 0.3 is 0 Å². The van der Waals surface area contributed by atoms with Crippen molar-refractivity contribution >= 4 is 5.70 Å². The summed E-state index contributed by atoms with van der Waals surface area (Å²) >= 11 is 0. The maximum Gasteiger partial charge on any atom is 0.0397 e. The number of allylic oxidation sites excluding steroid dienone is 1. The highest BCUT2D eigenvalue weighted by molar-refractivity contribution is 5.68. The van der Waals surface area contributed by atoms with Crippen molar-refractivity contribution in [2.24, 2.45) is 0 Å². The fraction of sp³-hybridized carbons (Fsp3) is 0.467.